The van der Waals surface area contributed by atoms with Gasteiger partial charge in [-0.15, -0.1) is 0 Å². The first-order valence-electron chi connectivity index (χ1n) is 5.07. The molecule has 2 amide bonds. The van der Waals surface area contributed by atoms with E-state index in [9.17, 15) is 4.79 Å². The molecule has 0 aromatic carbocycles. The Morgan fingerprint density at radius 3 is 2.43 bits per heavy atom. The van der Waals surface area contributed by atoms with Gasteiger partial charge < -0.3 is 4.90 Å². The summed E-state index contributed by atoms with van der Waals surface area (Å²) in [5.74, 6) is 0. The molecule has 1 saturated heterocycles. The van der Waals surface area contributed by atoms with E-state index in [2.05, 4.69) is 26.1 Å². The molecule has 0 bridgehead atoms. The molecule has 80 valence electrons. The molecule has 14 heavy (non-hydrogen) atoms. The van der Waals surface area contributed by atoms with Gasteiger partial charge in [0.05, 0.1) is 0 Å². The molecule has 0 spiro atoms. The normalized spacial score (nSPS) is 20.1. The van der Waals surface area contributed by atoms with Crippen LogP contribution >= 0.6 is 0 Å². The van der Waals surface area contributed by atoms with Gasteiger partial charge in [-0.3, -0.25) is 10.3 Å². The fourth-order valence-corrected chi connectivity index (χ4v) is 1.65. The summed E-state index contributed by atoms with van der Waals surface area (Å²) in [5.41, 5.74) is 0. The molecule has 1 aliphatic rings. The van der Waals surface area contributed by atoms with Crippen LogP contribution in [-0.4, -0.2) is 43.4 Å². The Morgan fingerprint density at radius 1 is 1.36 bits per heavy atom. The maximum Gasteiger partial charge on any atom is 0.332 e. The molecule has 0 aromatic heterocycles. The van der Waals surface area contributed by atoms with Gasteiger partial charge >= 0.3 is 6.03 Å². The Hall–Kier alpha value is -0.705. The second-order valence-corrected chi connectivity index (χ2v) is 5.10. The summed E-state index contributed by atoms with van der Waals surface area (Å²) >= 11 is 0. The van der Waals surface area contributed by atoms with Crippen LogP contribution in [0.2, 0.25) is 11.6 Å². The molecule has 0 atom stereocenters. The highest BCUT2D eigenvalue weighted by Gasteiger charge is 2.34. The van der Waals surface area contributed by atoms with Crippen LogP contribution in [0.5, 0.6) is 0 Å². The molecule has 1 fully saturated rings. The molecule has 0 aliphatic carbocycles. The third kappa shape index (κ3) is 2.41. The zero-order valence-corrected chi connectivity index (χ0v) is 9.79. The van der Waals surface area contributed by atoms with Gasteiger partial charge in [0, 0.05) is 20.6 Å². The van der Waals surface area contributed by atoms with Crippen molar-refractivity contribution in [2.75, 3.05) is 20.6 Å². The number of hydrazine groups is 1. The predicted molar refractivity (Wildman–Crippen MR) is 59.2 cm³/mol. The quantitative estimate of drug-likeness (QED) is 0.593. The summed E-state index contributed by atoms with van der Waals surface area (Å²) in [6.45, 7) is 7.73. The van der Waals surface area contributed by atoms with Gasteiger partial charge in [0.15, 0.2) is 0 Å². The van der Waals surface area contributed by atoms with Crippen molar-refractivity contribution in [1.29, 1.82) is 0 Å². The van der Waals surface area contributed by atoms with Crippen molar-refractivity contribution < 1.29 is 4.79 Å². The maximum atomic E-state index is 11.6. The maximum absolute atomic E-state index is 11.6. The van der Waals surface area contributed by atoms with Crippen molar-refractivity contribution in [2.45, 2.75) is 32.4 Å². The number of hydrogen-bond donors (Lipinski definition) is 1. The first-order valence-corrected chi connectivity index (χ1v) is 5.07. The Morgan fingerprint density at radius 2 is 1.93 bits per heavy atom. The Kier molecular flexibility index (Phi) is 3.09. The molecule has 1 aliphatic heterocycles. The lowest BCUT2D eigenvalue weighted by atomic mass is 9.42. The molecular weight excluding hydrogens is 177 g/mol. The molecule has 0 unspecified atom stereocenters. The number of rotatable bonds is 0. The topological polar surface area (TPSA) is 35.6 Å². The second-order valence-electron chi connectivity index (χ2n) is 5.10. The van der Waals surface area contributed by atoms with Gasteiger partial charge in [-0.2, -0.15) is 0 Å². The fourth-order valence-electron chi connectivity index (χ4n) is 1.65. The summed E-state index contributed by atoms with van der Waals surface area (Å²) in [4.78, 5) is 13.4. The monoisotopic (exact) mass is 197 g/mol. The molecule has 1 N–H and O–H groups in total. The van der Waals surface area contributed by atoms with E-state index in [1.54, 1.807) is 17.0 Å². The third-order valence-electron chi connectivity index (χ3n) is 2.76. The summed E-state index contributed by atoms with van der Waals surface area (Å²) in [6.07, 6.45) is 0.996. The van der Waals surface area contributed by atoms with Crippen LogP contribution in [-0.2, 0) is 0 Å². The van der Waals surface area contributed by atoms with E-state index in [4.69, 9.17) is 0 Å². The second kappa shape index (κ2) is 3.81. The van der Waals surface area contributed by atoms with Gasteiger partial charge in [0.2, 0.25) is 0 Å². The summed E-state index contributed by atoms with van der Waals surface area (Å²) in [6, 6.07) is 0.0387. The lowest BCUT2D eigenvalue weighted by Crippen LogP contribution is -2.51. The highest BCUT2D eigenvalue weighted by atomic mass is 16.2. The van der Waals surface area contributed by atoms with Gasteiger partial charge in [-0.1, -0.05) is 20.8 Å². The molecule has 1 rings (SSSR count). The minimum Gasteiger partial charge on any atom is -0.327 e. The Balaban J connectivity index is 2.73. The SMILES string of the molecule is CN1CCB(C(C)(C)C)NN(C)C1=O. The van der Waals surface area contributed by atoms with E-state index in [1.165, 1.54) is 0 Å². The van der Waals surface area contributed by atoms with Crippen LogP contribution in [0.25, 0.3) is 0 Å². The predicted octanol–water partition coefficient (Wildman–Crippen LogP) is 1.28. The van der Waals surface area contributed by atoms with Crippen molar-refractivity contribution in [2.24, 2.45) is 0 Å². The van der Waals surface area contributed by atoms with Crippen molar-refractivity contribution >= 4 is 12.9 Å². The van der Waals surface area contributed by atoms with Crippen molar-refractivity contribution in [3.63, 3.8) is 0 Å². The Bertz CT molecular complexity index is 227. The van der Waals surface area contributed by atoms with Gasteiger partial charge in [-0.25, -0.2) is 4.79 Å². The number of hydrogen-bond acceptors (Lipinski definition) is 2. The number of urea groups is 1. The van der Waals surface area contributed by atoms with E-state index in [-0.39, 0.29) is 11.3 Å². The van der Waals surface area contributed by atoms with E-state index in [0.717, 1.165) is 12.9 Å². The summed E-state index contributed by atoms with van der Waals surface area (Å²) in [7, 11) is 3.62. The molecule has 4 nitrogen and oxygen atoms in total. The zero-order chi connectivity index (χ0) is 10.9. The fraction of sp³-hybridized carbons (Fsp3) is 0.889. The average Bonchev–Trinajstić information content (AvgIpc) is 2.17. The van der Waals surface area contributed by atoms with E-state index < -0.39 is 0 Å². The first-order chi connectivity index (χ1) is 6.32. The summed E-state index contributed by atoms with van der Waals surface area (Å²) in [5, 5.41) is 5.01. The first kappa shape index (κ1) is 11.4. The number of amides is 2. The largest absolute Gasteiger partial charge is 0.332 e. The zero-order valence-electron chi connectivity index (χ0n) is 9.79. The van der Waals surface area contributed by atoms with E-state index in [0.29, 0.717) is 6.85 Å². The number of carbonyl (C=O) groups excluding carboxylic acids is 1. The van der Waals surface area contributed by atoms with E-state index in [1.807, 2.05) is 7.05 Å². The number of nitrogens with one attached hydrogen (secondary N) is 1. The standard InChI is InChI=1S/C9H20BN3O/c1-9(2,3)10-6-7-12(4)8(14)13(5)11-10/h11H,6-7H2,1-5H3. The van der Waals surface area contributed by atoms with Crippen molar-refractivity contribution in [3.8, 4) is 0 Å². The minimum absolute atomic E-state index is 0.0387. The van der Waals surface area contributed by atoms with Gasteiger partial charge in [-0.05, 0) is 11.6 Å². The van der Waals surface area contributed by atoms with E-state index >= 15 is 0 Å². The molecule has 0 aromatic rings. The lowest BCUT2D eigenvalue weighted by molar-refractivity contribution is 0.171. The lowest BCUT2D eigenvalue weighted by Gasteiger charge is -2.29. The van der Waals surface area contributed by atoms with Crippen molar-refractivity contribution in [3.05, 3.63) is 0 Å². The van der Waals surface area contributed by atoms with Gasteiger partial charge in [0.25, 0.3) is 6.85 Å². The third-order valence-corrected chi connectivity index (χ3v) is 2.76. The smallest absolute Gasteiger partial charge is 0.327 e. The van der Waals surface area contributed by atoms with Crippen LogP contribution in [0.4, 0.5) is 4.79 Å². The highest BCUT2D eigenvalue weighted by molar-refractivity contribution is 6.59. The minimum atomic E-state index is 0.0387. The van der Waals surface area contributed by atoms with Crippen LogP contribution < -0.4 is 5.34 Å². The average molecular weight is 197 g/mol. The highest BCUT2D eigenvalue weighted by Crippen LogP contribution is 2.28. The molecule has 0 saturated carbocycles. The van der Waals surface area contributed by atoms with Gasteiger partial charge in [0.1, 0.15) is 0 Å². The number of carbonyl (C=O) groups is 1. The molecule has 5 heteroatoms. The van der Waals surface area contributed by atoms with Crippen LogP contribution in [0.15, 0.2) is 0 Å². The molecule has 1 heterocycles. The summed E-state index contributed by atoms with van der Waals surface area (Å²) < 4.78 is 0. The van der Waals surface area contributed by atoms with Crippen LogP contribution in [0, 0.1) is 0 Å². The van der Waals surface area contributed by atoms with Crippen molar-refractivity contribution in [1.82, 2.24) is 15.2 Å². The molecular formula is C9H20BN3O. The van der Waals surface area contributed by atoms with Crippen LogP contribution in [0.1, 0.15) is 20.8 Å². The molecule has 0 radical (unpaired) electrons. The van der Waals surface area contributed by atoms with Crippen LogP contribution in [0.3, 0.4) is 0 Å². The Labute approximate surface area is 86.7 Å². The number of nitrogens with zero attached hydrogens (tertiary/aromatic N) is 2.